The number of hydrogen-bond donors (Lipinski definition) is 2. The molecule has 0 radical (unpaired) electrons. The van der Waals surface area contributed by atoms with Crippen molar-refractivity contribution in [3.63, 3.8) is 0 Å². The summed E-state index contributed by atoms with van der Waals surface area (Å²) in [5.74, 6) is 0. The van der Waals surface area contributed by atoms with Crippen LogP contribution in [0.15, 0.2) is 58.4 Å². The van der Waals surface area contributed by atoms with Gasteiger partial charge in [-0.3, -0.25) is 14.5 Å². The topological polar surface area (TPSA) is 105 Å². The Hall–Kier alpha value is -2.86. The van der Waals surface area contributed by atoms with Gasteiger partial charge in [0.15, 0.2) is 0 Å². The number of aromatic nitrogens is 3. The van der Waals surface area contributed by atoms with E-state index in [1.807, 2.05) is 0 Å². The average molecular weight is 550 g/mol. The Morgan fingerprint density at radius 1 is 0.971 bits per heavy atom. The lowest BCUT2D eigenvalue weighted by atomic mass is 10.1. The van der Waals surface area contributed by atoms with E-state index < -0.39 is 37.2 Å². The minimum Gasteiger partial charge on any atom is -0.277 e. The molecule has 0 aliphatic rings. The zero-order chi connectivity index (χ0) is 24.8. The number of sulfonamides is 1. The van der Waals surface area contributed by atoms with Gasteiger partial charge in [-0.25, -0.2) is 13.5 Å². The molecular formula is C20H10Cl3F3N4O3S. The van der Waals surface area contributed by atoms with Gasteiger partial charge in [-0.2, -0.15) is 18.3 Å². The van der Waals surface area contributed by atoms with Gasteiger partial charge in [0.05, 0.1) is 36.6 Å². The number of rotatable bonds is 4. The first-order valence-electron chi connectivity index (χ1n) is 9.11. The molecule has 34 heavy (non-hydrogen) atoms. The highest BCUT2D eigenvalue weighted by molar-refractivity contribution is 7.92. The fourth-order valence-corrected chi connectivity index (χ4v) is 4.88. The maximum absolute atomic E-state index is 13.2. The minimum atomic E-state index is -4.87. The quantitative estimate of drug-likeness (QED) is 0.337. The van der Waals surface area contributed by atoms with E-state index in [0.717, 1.165) is 12.1 Å². The SMILES string of the molecule is O=c1[nH]nc(-c2ncc(Cl)cc2NS(=O)(=O)c2ccc(Cl)c(C(F)(F)F)c2)c2c(Cl)cccc12. The third-order valence-corrected chi connectivity index (χ3v) is 6.86. The molecule has 0 saturated heterocycles. The normalized spacial score (nSPS) is 12.2. The first-order valence-corrected chi connectivity index (χ1v) is 11.7. The number of anilines is 1. The Kier molecular flexibility index (Phi) is 6.23. The molecule has 14 heteroatoms. The predicted molar refractivity (Wildman–Crippen MR) is 123 cm³/mol. The molecule has 0 aliphatic carbocycles. The zero-order valence-electron chi connectivity index (χ0n) is 16.4. The largest absolute Gasteiger partial charge is 0.417 e. The van der Waals surface area contributed by atoms with Crippen LogP contribution in [0.3, 0.4) is 0 Å². The van der Waals surface area contributed by atoms with Crippen molar-refractivity contribution < 1.29 is 21.6 Å². The maximum atomic E-state index is 13.2. The van der Waals surface area contributed by atoms with Crippen LogP contribution in [0.2, 0.25) is 15.1 Å². The smallest absolute Gasteiger partial charge is 0.277 e. The van der Waals surface area contributed by atoms with Crippen molar-refractivity contribution in [2.75, 3.05) is 4.72 Å². The van der Waals surface area contributed by atoms with Crippen LogP contribution in [-0.2, 0) is 16.2 Å². The van der Waals surface area contributed by atoms with Crippen molar-refractivity contribution >= 4 is 61.3 Å². The van der Waals surface area contributed by atoms with Crippen LogP contribution < -0.4 is 10.3 Å². The van der Waals surface area contributed by atoms with Gasteiger partial charge >= 0.3 is 6.18 Å². The second-order valence-corrected chi connectivity index (χ2v) is 9.79. The van der Waals surface area contributed by atoms with E-state index in [9.17, 15) is 26.4 Å². The summed E-state index contributed by atoms with van der Waals surface area (Å²) in [7, 11) is -4.57. The van der Waals surface area contributed by atoms with Crippen molar-refractivity contribution in [2.45, 2.75) is 11.1 Å². The summed E-state index contributed by atoms with van der Waals surface area (Å²) in [6, 6.07) is 7.87. The van der Waals surface area contributed by atoms with Gasteiger partial charge < -0.3 is 0 Å². The Morgan fingerprint density at radius 2 is 1.71 bits per heavy atom. The van der Waals surface area contributed by atoms with E-state index in [1.54, 1.807) is 6.07 Å². The number of hydrogen-bond acceptors (Lipinski definition) is 5. The third-order valence-electron chi connectivity index (χ3n) is 4.64. The molecule has 0 unspecified atom stereocenters. The highest BCUT2D eigenvalue weighted by Gasteiger charge is 2.34. The van der Waals surface area contributed by atoms with Crippen LogP contribution in [0.25, 0.3) is 22.2 Å². The van der Waals surface area contributed by atoms with Crippen LogP contribution in [0, 0.1) is 0 Å². The Labute approximate surface area is 204 Å². The predicted octanol–water partition coefficient (Wildman–Crippen LogP) is 5.76. The maximum Gasteiger partial charge on any atom is 0.417 e. The summed E-state index contributed by atoms with van der Waals surface area (Å²) < 4.78 is 67.8. The second-order valence-electron chi connectivity index (χ2n) is 6.86. The summed E-state index contributed by atoms with van der Waals surface area (Å²) in [6.45, 7) is 0. The first kappa shape index (κ1) is 24.3. The minimum absolute atomic E-state index is 0.0154. The summed E-state index contributed by atoms with van der Waals surface area (Å²) in [5.41, 5.74) is -2.13. The number of halogens is 6. The van der Waals surface area contributed by atoms with Crippen LogP contribution >= 0.6 is 34.8 Å². The molecule has 0 spiro atoms. The molecule has 0 aliphatic heterocycles. The van der Waals surface area contributed by atoms with Crippen LogP contribution in [0.4, 0.5) is 18.9 Å². The lowest BCUT2D eigenvalue weighted by Crippen LogP contribution is -2.16. The van der Waals surface area contributed by atoms with Crippen molar-refractivity contribution in [1.82, 2.24) is 15.2 Å². The summed E-state index contributed by atoms with van der Waals surface area (Å²) in [6.07, 6.45) is -3.67. The highest BCUT2D eigenvalue weighted by atomic mass is 35.5. The zero-order valence-corrected chi connectivity index (χ0v) is 19.5. The van der Waals surface area contributed by atoms with Gasteiger partial charge in [-0.15, -0.1) is 0 Å². The summed E-state index contributed by atoms with van der Waals surface area (Å²) in [5, 5.41) is 6.10. The fraction of sp³-hybridized carbons (Fsp3) is 0.0500. The molecule has 0 bridgehead atoms. The lowest BCUT2D eigenvalue weighted by molar-refractivity contribution is -0.137. The number of nitrogens with zero attached hydrogens (tertiary/aromatic N) is 2. The van der Waals surface area contributed by atoms with Crippen molar-refractivity contribution in [3.05, 3.63) is 79.6 Å². The molecule has 0 atom stereocenters. The van der Waals surface area contributed by atoms with Gasteiger partial charge in [-0.05, 0) is 36.4 Å². The van der Waals surface area contributed by atoms with Gasteiger partial charge in [0.1, 0.15) is 11.4 Å². The fourth-order valence-electron chi connectivity index (χ4n) is 3.15. The lowest BCUT2D eigenvalue weighted by Gasteiger charge is -2.15. The molecule has 2 aromatic heterocycles. The third kappa shape index (κ3) is 4.56. The van der Waals surface area contributed by atoms with Gasteiger partial charge in [0.25, 0.3) is 15.6 Å². The second kappa shape index (κ2) is 8.73. The number of nitrogens with one attached hydrogen (secondary N) is 2. The van der Waals surface area contributed by atoms with Crippen LogP contribution in [0.5, 0.6) is 0 Å². The Balaban J connectivity index is 1.89. The summed E-state index contributed by atoms with van der Waals surface area (Å²) in [4.78, 5) is 15.6. The van der Waals surface area contributed by atoms with Gasteiger partial charge in [0, 0.05) is 11.6 Å². The number of aromatic amines is 1. The van der Waals surface area contributed by atoms with Crippen LogP contribution in [0.1, 0.15) is 5.56 Å². The van der Waals surface area contributed by atoms with E-state index in [-0.39, 0.29) is 37.9 Å². The van der Waals surface area contributed by atoms with E-state index >= 15 is 0 Å². The van der Waals surface area contributed by atoms with E-state index in [1.165, 1.54) is 24.4 Å². The van der Waals surface area contributed by atoms with E-state index in [2.05, 4.69) is 19.9 Å². The number of H-pyrrole nitrogens is 1. The monoisotopic (exact) mass is 548 g/mol. The number of benzene rings is 2. The number of alkyl halides is 3. The van der Waals surface area contributed by atoms with Crippen molar-refractivity contribution in [2.24, 2.45) is 0 Å². The van der Waals surface area contributed by atoms with Gasteiger partial charge in [0.2, 0.25) is 0 Å². The van der Waals surface area contributed by atoms with Gasteiger partial charge in [-0.1, -0.05) is 40.9 Å². The molecule has 2 N–H and O–H groups in total. The molecule has 0 amide bonds. The molecule has 0 saturated carbocycles. The van der Waals surface area contributed by atoms with Crippen molar-refractivity contribution in [1.29, 1.82) is 0 Å². The number of pyridine rings is 1. The molecule has 2 aromatic carbocycles. The standard InChI is InChI=1S/C20H10Cl3F3N4O3S/c21-9-6-15(30-34(32,33)10-4-5-13(22)12(7-10)20(24,25)26)17(27-8-9)18-16-11(19(31)29-28-18)2-1-3-14(16)23/h1-8,30H,(H,29,31). The molecule has 176 valence electrons. The molecule has 4 aromatic rings. The summed E-state index contributed by atoms with van der Waals surface area (Å²) >= 11 is 17.8. The molecule has 7 nitrogen and oxygen atoms in total. The Morgan fingerprint density at radius 3 is 2.41 bits per heavy atom. The molecule has 2 heterocycles. The molecule has 4 rings (SSSR count). The number of fused-ring (bicyclic) bond motifs is 1. The molecule has 0 fully saturated rings. The Bertz CT molecular complexity index is 1610. The molecular weight excluding hydrogens is 540 g/mol. The van der Waals surface area contributed by atoms with E-state index in [4.69, 9.17) is 34.8 Å². The van der Waals surface area contributed by atoms with Crippen LogP contribution in [-0.4, -0.2) is 23.6 Å². The van der Waals surface area contributed by atoms with Crippen molar-refractivity contribution in [3.8, 4) is 11.4 Å². The highest BCUT2D eigenvalue weighted by Crippen LogP contribution is 2.38. The van der Waals surface area contributed by atoms with E-state index in [0.29, 0.717) is 6.07 Å². The average Bonchev–Trinajstić information content (AvgIpc) is 2.74. The first-order chi connectivity index (χ1) is 15.9.